The summed E-state index contributed by atoms with van der Waals surface area (Å²) in [6.07, 6.45) is 4.85. The van der Waals surface area contributed by atoms with Gasteiger partial charge in [-0.25, -0.2) is 0 Å². The lowest BCUT2D eigenvalue weighted by molar-refractivity contribution is 0.575. The van der Waals surface area contributed by atoms with Gasteiger partial charge in [0, 0.05) is 18.7 Å². The summed E-state index contributed by atoms with van der Waals surface area (Å²) >= 11 is 0. The zero-order valence-electron chi connectivity index (χ0n) is 13.9. The molecular formula is C19H25N3. The first kappa shape index (κ1) is 15.0. The van der Waals surface area contributed by atoms with Crippen molar-refractivity contribution >= 4 is 5.69 Å². The van der Waals surface area contributed by atoms with Gasteiger partial charge in [0.15, 0.2) is 0 Å². The Balaban J connectivity index is 2.04. The van der Waals surface area contributed by atoms with Gasteiger partial charge in [0.1, 0.15) is 0 Å². The van der Waals surface area contributed by atoms with Gasteiger partial charge >= 0.3 is 0 Å². The standard InChI is InChI=1S/C19H25N3/c1-4-17-19(22-10-6-5-7-11-22)13-18(21-20-17)16-12-14(2)8-9-15(16)3/h8-9,12-13H,4-7,10-11H2,1-3H3. The van der Waals surface area contributed by atoms with E-state index in [9.17, 15) is 0 Å². The molecule has 0 saturated carbocycles. The Morgan fingerprint density at radius 3 is 2.50 bits per heavy atom. The molecule has 0 radical (unpaired) electrons. The summed E-state index contributed by atoms with van der Waals surface area (Å²) in [7, 11) is 0. The Bertz CT molecular complexity index is 658. The van der Waals surface area contributed by atoms with Gasteiger partial charge in [-0.15, -0.1) is 0 Å². The van der Waals surface area contributed by atoms with Gasteiger partial charge in [0.05, 0.1) is 17.1 Å². The highest BCUT2D eigenvalue weighted by Crippen LogP contribution is 2.29. The molecule has 22 heavy (non-hydrogen) atoms. The SMILES string of the molecule is CCc1nnc(-c2cc(C)ccc2C)cc1N1CCCCC1. The van der Waals surface area contributed by atoms with Crippen molar-refractivity contribution in [1.82, 2.24) is 10.2 Å². The molecule has 0 N–H and O–H groups in total. The third-order valence-electron chi connectivity index (χ3n) is 4.55. The van der Waals surface area contributed by atoms with Crippen LogP contribution in [0.4, 0.5) is 5.69 Å². The molecule has 3 heteroatoms. The lowest BCUT2D eigenvalue weighted by atomic mass is 10.0. The fourth-order valence-electron chi connectivity index (χ4n) is 3.21. The highest BCUT2D eigenvalue weighted by molar-refractivity contribution is 5.68. The van der Waals surface area contributed by atoms with E-state index in [0.29, 0.717) is 0 Å². The van der Waals surface area contributed by atoms with Crippen molar-refractivity contribution < 1.29 is 0 Å². The molecule has 1 aliphatic rings. The maximum atomic E-state index is 4.53. The zero-order chi connectivity index (χ0) is 15.5. The Morgan fingerprint density at radius 2 is 1.77 bits per heavy atom. The predicted molar refractivity (Wildman–Crippen MR) is 92.4 cm³/mol. The molecule has 0 bridgehead atoms. The van der Waals surface area contributed by atoms with E-state index in [2.05, 4.69) is 60.1 Å². The van der Waals surface area contributed by atoms with Crippen LogP contribution in [0.5, 0.6) is 0 Å². The monoisotopic (exact) mass is 295 g/mol. The van der Waals surface area contributed by atoms with Gasteiger partial charge in [0.2, 0.25) is 0 Å². The molecule has 1 saturated heterocycles. The summed E-state index contributed by atoms with van der Waals surface area (Å²) in [5.74, 6) is 0. The Labute approximate surface area is 133 Å². The average molecular weight is 295 g/mol. The third kappa shape index (κ3) is 2.99. The minimum Gasteiger partial charge on any atom is -0.370 e. The quantitative estimate of drug-likeness (QED) is 0.844. The topological polar surface area (TPSA) is 29.0 Å². The molecule has 2 heterocycles. The fourth-order valence-corrected chi connectivity index (χ4v) is 3.21. The molecule has 1 aromatic heterocycles. The average Bonchev–Trinajstić information content (AvgIpc) is 2.57. The number of hydrogen-bond acceptors (Lipinski definition) is 3. The predicted octanol–water partition coefficient (Wildman–Crippen LogP) is 4.31. The molecule has 0 unspecified atom stereocenters. The van der Waals surface area contributed by atoms with E-state index < -0.39 is 0 Å². The van der Waals surface area contributed by atoms with Crippen LogP contribution in [0.3, 0.4) is 0 Å². The Morgan fingerprint density at radius 1 is 1.00 bits per heavy atom. The van der Waals surface area contributed by atoms with Crippen molar-refractivity contribution in [2.75, 3.05) is 18.0 Å². The molecule has 1 fully saturated rings. The Hall–Kier alpha value is -1.90. The maximum absolute atomic E-state index is 4.53. The molecule has 116 valence electrons. The zero-order valence-corrected chi connectivity index (χ0v) is 13.9. The number of rotatable bonds is 3. The first-order valence-electron chi connectivity index (χ1n) is 8.38. The van der Waals surface area contributed by atoms with Crippen molar-refractivity contribution in [1.29, 1.82) is 0 Å². The van der Waals surface area contributed by atoms with Crippen molar-refractivity contribution in [3.63, 3.8) is 0 Å². The fraction of sp³-hybridized carbons (Fsp3) is 0.474. The van der Waals surface area contributed by atoms with E-state index in [1.54, 1.807) is 0 Å². The van der Waals surface area contributed by atoms with Crippen LogP contribution >= 0.6 is 0 Å². The molecule has 2 aromatic rings. The van der Waals surface area contributed by atoms with Crippen molar-refractivity contribution in [3.8, 4) is 11.3 Å². The van der Waals surface area contributed by atoms with Crippen LogP contribution in [0.2, 0.25) is 0 Å². The van der Waals surface area contributed by atoms with E-state index in [1.165, 1.54) is 41.6 Å². The van der Waals surface area contributed by atoms with Gasteiger partial charge < -0.3 is 4.90 Å². The molecule has 3 rings (SSSR count). The maximum Gasteiger partial charge on any atom is 0.0953 e. The molecule has 0 atom stereocenters. The number of aromatic nitrogens is 2. The summed E-state index contributed by atoms with van der Waals surface area (Å²) < 4.78 is 0. The lowest BCUT2D eigenvalue weighted by Gasteiger charge is -2.30. The van der Waals surface area contributed by atoms with Crippen LogP contribution in [0.15, 0.2) is 24.3 Å². The molecule has 0 aliphatic carbocycles. The van der Waals surface area contributed by atoms with Crippen molar-refractivity contribution in [2.45, 2.75) is 46.5 Å². The van der Waals surface area contributed by atoms with Crippen LogP contribution in [-0.4, -0.2) is 23.3 Å². The second kappa shape index (κ2) is 6.47. The third-order valence-corrected chi connectivity index (χ3v) is 4.55. The largest absolute Gasteiger partial charge is 0.370 e. The molecule has 1 aromatic carbocycles. The molecule has 3 nitrogen and oxygen atoms in total. The number of benzene rings is 1. The van der Waals surface area contributed by atoms with Gasteiger partial charge in [-0.1, -0.05) is 24.6 Å². The number of aryl methyl sites for hydroxylation is 3. The van der Waals surface area contributed by atoms with Crippen LogP contribution in [0.25, 0.3) is 11.3 Å². The van der Waals surface area contributed by atoms with Gasteiger partial charge in [-0.2, -0.15) is 10.2 Å². The summed E-state index contributed by atoms with van der Waals surface area (Å²) in [5.41, 5.74) is 7.13. The Kier molecular flexibility index (Phi) is 4.41. The smallest absolute Gasteiger partial charge is 0.0953 e. The van der Waals surface area contributed by atoms with Crippen LogP contribution in [0, 0.1) is 13.8 Å². The molecule has 0 spiro atoms. The minimum absolute atomic E-state index is 0.936. The van der Waals surface area contributed by atoms with Gasteiger partial charge in [-0.05, 0) is 57.2 Å². The lowest BCUT2D eigenvalue weighted by Crippen LogP contribution is -2.30. The normalized spacial score (nSPS) is 15.1. The van der Waals surface area contributed by atoms with E-state index in [0.717, 1.165) is 30.9 Å². The van der Waals surface area contributed by atoms with E-state index >= 15 is 0 Å². The summed E-state index contributed by atoms with van der Waals surface area (Å²) in [6, 6.07) is 8.78. The molecular weight excluding hydrogens is 270 g/mol. The number of piperidine rings is 1. The first-order chi connectivity index (χ1) is 10.7. The van der Waals surface area contributed by atoms with E-state index in [-0.39, 0.29) is 0 Å². The first-order valence-corrected chi connectivity index (χ1v) is 8.38. The highest BCUT2D eigenvalue weighted by Gasteiger charge is 2.17. The van der Waals surface area contributed by atoms with Gasteiger partial charge in [-0.3, -0.25) is 0 Å². The number of anilines is 1. The number of nitrogens with zero attached hydrogens (tertiary/aromatic N) is 3. The summed E-state index contributed by atoms with van der Waals surface area (Å²) in [6.45, 7) is 8.72. The second-order valence-corrected chi connectivity index (χ2v) is 6.28. The number of hydrogen-bond donors (Lipinski definition) is 0. The van der Waals surface area contributed by atoms with Crippen LogP contribution in [-0.2, 0) is 6.42 Å². The second-order valence-electron chi connectivity index (χ2n) is 6.28. The van der Waals surface area contributed by atoms with Crippen molar-refractivity contribution in [3.05, 3.63) is 41.1 Å². The molecule has 0 amide bonds. The highest BCUT2D eigenvalue weighted by atomic mass is 15.2. The summed E-state index contributed by atoms with van der Waals surface area (Å²) in [5, 5.41) is 9.03. The van der Waals surface area contributed by atoms with Crippen LogP contribution in [0.1, 0.15) is 43.0 Å². The minimum atomic E-state index is 0.936. The van der Waals surface area contributed by atoms with E-state index in [1.807, 2.05) is 0 Å². The molecule has 1 aliphatic heterocycles. The van der Waals surface area contributed by atoms with Gasteiger partial charge in [0.25, 0.3) is 0 Å². The van der Waals surface area contributed by atoms with Crippen molar-refractivity contribution in [2.24, 2.45) is 0 Å². The van der Waals surface area contributed by atoms with E-state index in [4.69, 9.17) is 0 Å². The van der Waals surface area contributed by atoms with Crippen LogP contribution < -0.4 is 4.90 Å². The summed E-state index contributed by atoms with van der Waals surface area (Å²) in [4.78, 5) is 2.49.